The fraction of sp³-hybridized carbons (Fsp3) is 0.417. The molecule has 14 heavy (non-hydrogen) atoms. The maximum Gasteiger partial charge on any atom is 0.254 e. The average molecular weight is 189 g/mol. The van der Waals surface area contributed by atoms with Crippen molar-refractivity contribution < 1.29 is 4.79 Å². The molecule has 0 N–H and O–H groups in total. The Bertz CT molecular complexity index is 357. The first-order valence-corrected chi connectivity index (χ1v) is 5.09. The van der Waals surface area contributed by atoms with Crippen LogP contribution in [0.1, 0.15) is 29.8 Å². The predicted octanol–water partition coefficient (Wildman–Crippen LogP) is 2.09. The van der Waals surface area contributed by atoms with E-state index in [4.69, 9.17) is 0 Å². The minimum Gasteiger partial charge on any atom is -0.336 e. The number of hydrogen-bond donors (Lipinski definition) is 0. The molecule has 0 fully saturated rings. The molecule has 0 bridgehead atoms. The highest BCUT2D eigenvalue weighted by Crippen LogP contribution is 2.19. The molecule has 1 amide bonds. The Kier molecular flexibility index (Phi) is 2.28. The maximum absolute atomic E-state index is 12.0. The van der Waals surface area contributed by atoms with Gasteiger partial charge in [-0.1, -0.05) is 18.2 Å². The Hall–Kier alpha value is -1.31. The Labute approximate surface area is 84.5 Å². The summed E-state index contributed by atoms with van der Waals surface area (Å²) >= 11 is 0. The van der Waals surface area contributed by atoms with Gasteiger partial charge >= 0.3 is 0 Å². The van der Waals surface area contributed by atoms with Gasteiger partial charge in [0.1, 0.15) is 0 Å². The van der Waals surface area contributed by atoms with Crippen molar-refractivity contribution in [2.24, 2.45) is 0 Å². The smallest absolute Gasteiger partial charge is 0.254 e. The van der Waals surface area contributed by atoms with E-state index in [1.54, 1.807) is 0 Å². The molecule has 0 spiro atoms. The predicted molar refractivity (Wildman–Crippen MR) is 56.3 cm³/mol. The summed E-state index contributed by atoms with van der Waals surface area (Å²) in [5.41, 5.74) is 2.07. The summed E-state index contributed by atoms with van der Waals surface area (Å²) in [5, 5.41) is 0. The fourth-order valence-corrected chi connectivity index (χ4v) is 1.94. The zero-order valence-corrected chi connectivity index (χ0v) is 8.66. The summed E-state index contributed by atoms with van der Waals surface area (Å²) < 4.78 is 0. The molecule has 1 aliphatic heterocycles. The van der Waals surface area contributed by atoms with E-state index < -0.39 is 0 Å². The molecule has 0 aliphatic carbocycles. The number of fused-ring (bicyclic) bond motifs is 1. The summed E-state index contributed by atoms with van der Waals surface area (Å²) in [6.45, 7) is 4.98. The largest absolute Gasteiger partial charge is 0.336 e. The third-order valence-corrected chi connectivity index (χ3v) is 2.75. The van der Waals surface area contributed by atoms with E-state index >= 15 is 0 Å². The van der Waals surface area contributed by atoms with Crippen LogP contribution in [0, 0.1) is 0 Å². The van der Waals surface area contributed by atoms with Gasteiger partial charge in [-0.15, -0.1) is 0 Å². The van der Waals surface area contributed by atoms with E-state index in [0.717, 1.165) is 18.5 Å². The molecule has 0 atom stereocenters. The lowest BCUT2D eigenvalue weighted by atomic mass is 9.98. The molecule has 0 saturated carbocycles. The van der Waals surface area contributed by atoms with Gasteiger partial charge in [0, 0.05) is 18.2 Å². The maximum atomic E-state index is 12.0. The zero-order chi connectivity index (χ0) is 10.1. The van der Waals surface area contributed by atoms with Crippen LogP contribution in [-0.4, -0.2) is 23.4 Å². The van der Waals surface area contributed by atoms with Gasteiger partial charge in [0.25, 0.3) is 5.91 Å². The van der Waals surface area contributed by atoms with Gasteiger partial charge in [0.05, 0.1) is 0 Å². The van der Waals surface area contributed by atoms with E-state index in [-0.39, 0.29) is 5.91 Å². The van der Waals surface area contributed by atoms with Gasteiger partial charge in [-0.3, -0.25) is 4.79 Å². The SMILES string of the molecule is CC(C)N1CCc2ccccc2C1=O. The van der Waals surface area contributed by atoms with E-state index in [0.29, 0.717) is 6.04 Å². The van der Waals surface area contributed by atoms with E-state index in [9.17, 15) is 4.79 Å². The monoisotopic (exact) mass is 189 g/mol. The van der Waals surface area contributed by atoms with E-state index in [1.165, 1.54) is 5.56 Å². The topological polar surface area (TPSA) is 20.3 Å². The number of benzene rings is 1. The number of amides is 1. The summed E-state index contributed by atoms with van der Waals surface area (Å²) in [5.74, 6) is 0.182. The summed E-state index contributed by atoms with van der Waals surface area (Å²) in [7, 11) is 0. The number of carbonyl (C=O) groups is 1. The van der Waals surface area contributed by atoms with Crippen LogP contribution in [0.15, 0.2) is 24.3 Å². The van der Waals surface area contributed by atoms with Gasteiger partial charge in [0.2, 0.25) is 0 Å². The Balaban J connectivity index is 2.37. The van der Waals surface area contributed by atoms with E-state index in [1.807, 2.05) is 29.2 Å². The first-order valence-electron chi connectivity index (χ1n) is 5.09. The molecule has 0 saturated heterocycles. The van der Waals surface area contributed by atoms with Crippen molar-refractivity contribution in [2.45, 2.75) is 26.3 Å². The quantitative estimate of drug-likeness (QED) is 0.662. The number of carbonyl (C=O) groups excluding carboxylic acids is 1. The lowest BCUT2D eigenvalue weighted by Gasteiger charge is -2.31. The number of hydrogen-bond acceptors (Lipinski definition) is 1. The fourth-order valence-electron chi connectivity index (χ4n) is 1.94. The zero-order valence-electron chi connectivity index (χ0n) is 8.66. The van der Waals surface area contributed by atoms with Crippen molar-refractivity contribution in [3.63, 3.8) is 0 Å². The van der Waals surface area contributed by atoms with Gasteiger partial charge in [0.15, 0.2) is 0 Å². The van der Waals surface area contributed by atoms with Gasteiger partial charge in [-0.05, 0) is 31.9 Å². The molecule has 1 heterocycles. The minimum atomic E-state index is 0.182. The second kappa shape index (κ2) is 3.45. The minimum absolute atomic E-state index is 0.182. The molecule has 2 rings (SSSR count). The summed E-state index contributed by atoms with van der Waals surface area (Å²) in [6.07, 6.45) is 0.986. The van der Waals surface area contributed by atoms with E-state index in [2.05, 4.69) is 13.8 Å². The highest BCUT2D eigenvalue weighted by atomic mass is 16.2. The third-order valence-electron chi connectivity index (χ3n) is 2.75. The lowest BCUT2D eigenvalue weighted by molar-refractivity contribution is 0.0688. The van der Waals surface area contributed by atoms with Crippen molar-refractivity contribution in [2.75, 3.05) is 6.54 Å². The second-order valence-corrected chi connectivity index (χ2v) is 4.00. The lowest BCUT2D eigenvalue weighted by Crippen LogP contribution is -2.41. The third kappa shape index (κ3) is 1.41. The van der Waals surface area contributed by atoms with Crippen molar-refractivity contribution in [3.05, 3.63) is 35.4 Å². The van der Waals surface area contributed by atoms with Crippen molar-refractivity contribution >= 4 is 5.91 Å². The Morgan fingerprint density at radius 2 is 2.00 bits per heavy atom. The molecule has 1 aliphatic rings. The van der Waals surface area contributed by atoms with Crippen LogP contribution >= 0.6 is 0 Å². The number of nitrogens with zero attached hydrogens (tertiary/aromatic N) is 1. The molecule has 2 nitrogen and oxygen atoms in total. The average Bonchev–Trinajstić information content (AvgIpc) is 2.18. The van der Waals surface area contributed by atoms with Crippen LogP contribution in [0.3, 0.4) is 0 Å². The molecule has 1 aromatic carbocycles. The van der Waals surface area contributed by atoms with Gasteiger partial charge < -0.3 is 4.90 Å². The standard InChI is InChI=1S/C12H15NO/c1-9(2)13-8-7-10-5-3-4-6-11(10)12(13)14/h3-6,9H,7-8H2,1-2H3. The van der Waals surface area contributed by atoms with Crippen LogP contribution in [0.25, 0.3) is 0 Å². The molecular weight excluding hydrogens is 174 g/mol. The molecule has 2 heteroatoms. The van der Waals surface area contributed by atoms with Crippen LogP contribution in [-0.2, 0) is 6.42 Å². The first kappa shape index (κ1) is 9.25. The van der Waals surface area contributed by atoms with Crippen molar-refractivity contribution in [3.8, 4) is 0 Å². The molecule has 0 unspecified atom stereocenters. The van der Waals surface area contributed by atoms with Gasteiger partial charge in [-0.2, -0.15) is 0 Å². The molecule has 1 aromatic rings. The second-order valence-electron chi connectivity index (χ2n) is 4.00. The van der Waals surface area contributed by atoms with Crippen LogP contribution in [0.4, 0.5) is 0 Å². The van der Waals surface area contributed by atoms with Crippen molar-refractivity contribution in [1.29, 1.82) is 0 Å². The molecule has 0 aromatic heterocycles. The normalized spacial score (nSPS) is 15.9. The van der Waals surface area contributed by atoms with Gasteiger partial charge in [-0.25, -0.2) is 0 Å². The highest BCUT2D eigenvalue weighted by Gasteiger charge is 2.25. The Morgan fingerprint density at radius 1 is 1.29 bits per heavy atom. The number of rotatable bonds is 1. The molecule has 74 valence electrons. The molecule has 0 radical (unpaired) electrons. The summed E-state index contributed by atoms with van der Waals surface area (Å²) in [6, 6.07) is 8.20. The summed E-state index contributed by atoms with van der Waals surface area (Å²) in [4.78, 5) is 13.9. The first-order chi connectivity index (χ1) is 6.70. The van der Waals surface area contributed by atoms with Crippen LogP contribution in [0.2, 0.25) is 0 Å². The van der Waals surface area contributed by atoms with Crippen LogP contribution in [0.5, 0.6) is 0 Å². The van der Waals surface area contributed by atoms with Crippen LogP contribution < -0.4 is 0 Å². The van der Waals surface area contributed by atoms with Crippen molar-refractivity contribution in [1.82, 2.24) is 4.90 Å². The highest BCUT2D eigenvalue weighted by molar-refractivity contribution is 5.96. The Morgan fingerprint density at radius 3 is 2.71 bits per heavy atom. The molecular formula is C12H15NO.